The summed E-state index contributed by atoms with van der Waals surface area (Å²) >= 11 is 0. The minimum Gasteiger partial charge on any atom is -0.309 e. The maximum Gasteiger partial charge on any atom is 0.0321 e. The molecule has 1 aliphatic heterocycles. The van der Waals surface area contributed by atoms with Crippen LogP contribution in [0.4, 0.5) is 0 Å². The number of rotatable bonds is 4. The molecule has 2 heteroatoms. The van der Waals surface area contributed by atoms with Crippen LogP contribution in [-0.2, 0) is 0 Å². The Morgan fingerprint density at radius 2 is 1.89 bits per heavy atom. The molecule has 0 saturated carbocycles. The maximum atomic E-state index is 3.73. The lowest BCUT2D eigenvalue weighted by Gasteiger charge is -2.45. The van der Waals surface area contributed by atoms with E-state index in [1.807, 2.05) is 0 Å². The molecule has 1 unspecified atom stereocenters. The molecule has 1 heterocycles. The number of piperazine rings is 1. The molecule has 0 spiro atoms. The van der Waals surface area contributed by atoms with Crippen molar-refractivity contribution in [1.82, 2.24) is 10.2 Å². The second-order valence-corrected chi connectivity index (χ2v) is 5.47. The fourth-order valence-electron chi connectivity index (χ4n) is 2.98. The number of benzene rings is 1. The first kappa shape index (κ1) is 13.6. The van der Waals surface area contributed by atoms with Crippen molar-refractivity contribution in [3.63, 3.8) is 0 Å². The molecule has 0 bridgehead atoms. The average molecular weight is 246 g/mol. The maximum absolute atomic E-state index is 3.73. The van der Waals surface area contributed by atoms with Gasteiger partial charge in [0.2, 0.25) is 0 Å². The molecule has 18 heavy (non-hydrogen) atoms. The van der Waals surface area contributed by atoms with Crippen LogP contribution in [0.1, 0.15) is 45.2 Å². The third-order valence-electron chi connectivity index (χ3n) is 4.59. The zero-order valence-corrected chi connectivity index (χ0v) is 11.9. The van der Waals surface area contributed by atoms with Gasteiger partial charge in [0, 0.05) is 31.2 Å². The van der Waals surface area contributed by atoms with Crippen LogP contribution in [0.2, 0.25) is 0 Å². The largest absolute Gasteiger partial charge is 0.309 e. The van der Waals surface area contributed by atoms with Gasteiger partial charge in [0.05, 0.1) is 0 Å². The van der Waals surface area contributed by atoms with Gasteiger partial charge in [0.15, 0.2) is 0 Å². The van der Waals surface area contributed by atoms with Gasteiger partial charge in [-0.25, -0.2) is 0 Å². The summed E-state index contributed by atoms with van der Waals surface area (Å²) in [6.45, 7) is 10.4. The van der Waals surface area contributed by atoms with E-state index in [0.29, 0.717) is 11.6 Å². The molecule has 1 fully saturated rings. The molecule has 1 aliphatic rings. The van der Waals surface area contributed by atoms with E-state index < -0.39 is 0 Å². The predicted octanol–water partition coefficient (Wildman–Crippen LogP) is 3.21. The molecule has 1 saturated heterocycles. The first-order chi connectivity index (χ1) is 8.71. The summed E-state index contributed by atoms with van der Waals surface area (Å²) in [5.41, 5.74) is 1.75. The first-order valence-corrected chi connectivity index (χ1v) is 7.25. The van der Waals surface area contributed by atoms with E-state index in [0.717, 1.165) is 19.6 Å². The molecule has 0 aliphatic carbocycles. The van der Waals surface area contributed by atoms with Crippen LogP contribution >= 0.6 is 0 Å². The van der Waals surface area contributed by atoms with E-state index >= 15 is 0 Å². The Morgan fingerprint density at radius 3 is 2.50 bits per heavy atom. The normalized spacial score (nSPS) is 21.7. The van der Waals surface area contributed by atoms with Crippen molar-refractivity contribution >= 4 is 0 Å². The summed E-state index contributed by atoms with van der Waals surface area (Å²) in [6, 6.07) is 11.4. The first-order valence-electron chi connectivity index (χ1n) is 7.25. The van der Waals surface area contributed by atoms with Gasteiger partial charge in [-0.15, -0.1) is 0 Å². The van der Waals surface area contributed by atoms with Gasteiger partial charge >= 0.3 is 0 Å². The lowest BCUT2D eigenvalue weighted by atomic mass is 9.89. The summed E-state index contributed by atoms with van der Waals surface area (Å²) in [7, 11) is 0. The van der Waals surface area contributed by atoms with Crippen LogP contribution < -0.4 is 5.32 Å². The molecule has 100 valence electrons. The fourth-order valence-corrected chi connectivity index (χ4v) is 2.98. The molecular formula is C16H26N2. The molecule has 1 aromatic rings. The highest BCUT2D eigenvalue weighted by atomic mass is 15.2. The Morgan fingerprint density at radius 1 is 1.22 bits per heavy atom. The zero-order chi connectivity index (χ0) is 13.0. The van der Waals surface area contributed by atoms with Crippen molar-refractivity contribution in [2.45, 2.75) is 45.2 Å². The molecule has 2 nitrogen and oxygen atoms in total. The summed E-state index contributed by atoms with van der Waals surface area (Å²) in [6.07, 6.45) is 2.42. The van der Waals surface area contributed by atoms with Crippen molar-refractivity contribution in [3.8, 4) is 0 Å². The van der Waals surface area contributed by atoms with Crippen molar-refractivity contribution in [2.75, 3.05) is 19.6 Å². The summed E-state index contributed by atoms with van der Waals surface area (Å²) in [4.78, 5) is 2.62. The third-order valence-corrected chi connectivity index (χ3v) is 4.59. The third kappa shape index (κ3) is 2.76. The van der Waals surface area contributed by atoms with Gasteiger partial charge < -0.3 is 5.32 Å². The minimum atomic E-state index is 0.321. The molecule has 0 amide bonds. The van der Waals surface area contributed by atoms with Crippen LogP contribution in [0.5, 0.6) is 0 Å². The van der Waals surface area contributed by atoms with Crippen LogP contribution in [-0.4, -0.2) is 30.1 Å². The van der Waals surface area contributed by atoms with Gasteiger partial charge in [-0.1, -0.05) is 44.2 Å². The van der Waals surface area contributed by atoms with E-state index in [9.17, 15) is 0 Å². The van der Waals surface area contributed by atoms with E-state index in [-0.39, 0.29) is 0 Å². The fraction of sp³-hybridized carbons (Fsp3) is 0.625. The SMILES string of the molecule is CCC1(CC)CN(C(C)c2ccccc2)CCN1. The smallest absolute Gasteiger partial charge is 0.0321 e. The van der Waals surface area contributed by atoms with Crippen molar-refractivity contribution < 1.29 is 0 Å². The monoisotopic (exact) mass is 246 g/mol. The second kappa shape index (κ2) is 5.85. The number of nitrogens with zero attached hydrogens (tertiary/aromatic N) is 1. The number of hydrogen-bond donors (Lipinski definition) is 1. The summed E-state index contributed by atoms with van der Waals surface area (Å²) < 4.78 is 0. The predicted molar refractivity (Wildman–Crippen MR) is 77.7 cm³/mol. The number of hydrogen-bond acceptors (Lipinski definition) is 2. The van der Waals surface area contributed by atoms with Gasteiger partial charge in [-0.05, 0) is 25.3 Å². The Labute approximate surface area is 111 Å². The summed E-state index contributed by atoms with van der Waals surface area (Å²) in [5, 5.41) is 3.73. The molecule has 2 rings (SSSR count). The zero-order valence-electron chi connectivity index (χ0n) is 11.9. The Kier molecular flexibility index (Phi) is 4.41. The molecular weight excluding hydrogens is 220 g/mol. The van der Waals surface area contributed by atoms with Crippen LogP contribution in [0.25, 0.3) is 0 Å². The quantitative estimate of drug-likeness (QED) is 0.877. The van der Waals surface area contributed by atoms with Gasteiger partial charge in [-0.3, -0.25) is 4.90 Å². The Balaban J connectivity index is 2.09. The standard InChI is InChI=1S/C16H26N2/c1-4-16(5-2)13-18(12-11-17-16)14(3)15-9-7-6-8-10-15/h6-10,14,17H,4-5,11-13H2,1-3H3. The van der Waals surface area contributed by atoms with Gasteiger partial charge in [0.1, 0.15) is 0 Å². The minimum absolute atomic E-state index is 0.321. The lowest BCUT2D eigenvalue weighted by Crippen LogP contribution is -2.60. The second-order valence-electron chi connectivity index (χ2n) is 5.47. The summed E-state index contributed by atoms with van der Waals surface area (Å²) in [5.74, 6) is 0. The Hall–Kier alpha value is -0.860. The molecule has 0 radical (unpaired) electrons. The topological polar surface area (TPSA) is 15.3 Å². The van der Waals surface area contributed by atoms with Crippen LogP contribution in [0.15, 0.2) is 30.3 Å². The van der Waals surface area contributed by atoms with Gasteiger partial charge in [-0.2, -0.15) is 0 Å². The van der Waals surface area contributed by atoms with E-state index in [1.165, 1.54) is 18.4 Å². The highest BCUT2D eigenvalue weighted by Gasteiger charge is 2.33. The van der Waals surface area contributed by atoms with Crippen LogP contribution in [0, 0.1) is 0 Å². The molecule has 0 aromatic heterocycles. The Bertz CT molecular complexity index is 357. The van der Waals surface area contributed by atoms with Crippen molar-refractivity contribution in [1.29, 1.82) is 0 Å². The average Bonchev–Trinajstić information content (AvgIpc) is 2.47. The van der Waals surface area contributed by atoms with E-state index in [1.54, 1.807) is 0 Å². The van der Waals surface area contributed by atoms with Gasteiger partial charge in [0.25, 0.3) is 0 Å². The lowest BCUT2D eigenvalue weighted by molar-refractivity contribution is 0.0920. The highest BCUT2D eigenvalue weighted by Crippen LogP contribution is 2.27. The van der Waals surface area contributed by atoms with Crippen molar-refractivity contribution in [3.05, 3.63) is 35.9 Å². The number of nitrogens with one attached hydrogen (secondary N) is 1. The van der Waals surface area contributed by atoms with Crippen LogP contribution in [0.3, 0.4) is 0 Å². The molecule has 1 N–H and O–H groups in total. The van der Waals surface area contributed by atoms with E-state index in [4.69, 9.17) is 0 Å². The molecule has 1 aromatic carbocycles. The highest BCUT2D eigenvalue weighted by molar-refractivity contribution is 5.18. The molecule has 1 atom stereocenters. The van der Waals surface area contributed by atoms with Crippen molar-refractivity contribution in [2.24, 2.45) is 0 Å². The van der Waals surface area contributed by atoms with E-state index in [2.05, 4.69) is 61.3 Å².